The van der Waals surface area contributed by atoms with E-state index in [1.165, 1.54) is 0 Å². The average Bonchev–Trinajstić information content (AvgIpc) is 2.55. The lowest BCUT2D eigenvalue weighted by molar-refractivity contribution is -0.119. The molecule has 1 aliphatic rings. The van der Waals surface area contributed by atoms with Crippen molar-refractivity contribution in [2.24, 2.45) is 16.6 Å². The van der Waals surface area contributed by atoms with Crippen LogP contribution >= 0.6 is 24.0 Å². The van der Waals surface area contributed by atoms with Crippen LogP contribution in [0.3, 0.4) is 0 Å². The molecule has 2 atom stereocenters. The Labute approximate surface area is 176 Å². The topological polar surface area (TPSA) is 83.2 Å². The number of guanidine groups is 1. The number of rotatable bonds is 10. The number of nitrogens with one attached hydrogen (secondary N) is 1. The molecule has 0 radical (unpaired) electrons. The first-order chi connectivity index (χ1) is 12.0. The van der Waals surface area contributed by atoms with Crippen molar-refractivity contribution in [3.05, 3.63) is 0 Å². The highest BCUT2D eigenvalue weighted by Gasteiger charge is 2.23. The maximum Gasteiger partial charge on any atom is 0.217 e. The van der Waals surface area contributed by atoms with E-state index in [2.05, 4.69) is 36.1 Å². The van der Waals surface area contributed by atoms with Gasteiger partial charge in [-0.1, -0.05) is 0 Å². The Morgan fingerprint density at radius 3 is 2.73 bits per heavy atom. The third kappa shape index (κ3) is 10.5. The van der Waals surface area contributed by atoms with Gasteiger partial charge in [0, 0.05) is 39.2 Å². The molecule has 1 amide bonds. The number of nitrogens with two attached hydrogens (primary N) is 1. The average molecular weight is 483 g/mol. The second-order valence-electron chi connectivity index (χ2n) is 6.99. The van der Waals surface area contributed by atoms with Gasteiger partial charge in [-0.15, -0.1) is 24.0 Å². The minimum Gasteiger partial charge on any atom is -0.377 e. The van der Waals surface area contributed by atoms with Crippen LogP contribution in [0.1, 0.15) is 39.5 Å². The molecule has 0 bridgehead atoms. The normalized spacial score (nSPS) is 19.2. The summed E-state index contributed by atoms with van der Waals surface area (Å²) in [7, 11) is 4.14. The zero-order valence-electron chi connectivity index (χ0n) is 16.9. The highest BCUT2D eigenvalue weighted by molar-refractivity contribution is 14.0. The zero-order valence-corrected chi connectivity index (χ0v) is 19.2. The maximum absolute atomic E-state index is 11.2. The first-order valence-electron chi connectivity index (χ1n) is 9.54. The van der Waals surface area contributed by atoms with Crippen LogP contribution < -0.4 is 11.1 Å². The van der Waals surface area contributed by atoms with Gasteiger partial charge in [-0.05, 0) is 53.1 Å². The SMILES string of the molecule is CCNC(=NCC(CCN(C)C)OCC)N1CCCC(CC(N)=O)C1.I. The van der Waals surface area contributed by atoms with E-state index in [9.17, 15) is 4.79 Å². The number of carbonyl (C=O) groups excluding carboxylic acids is 1. The standard InChI is InChI=1S/C18H37N5O2.HI/c1-5-20-18(21-13-16(25-6-2)9-11-22(3)4)23-10-7-8-15(14-23)12-17(19)24;/h15-16H,5-14H2,1-4H3,(H2,19,24)(H,20,21);1H. The fraction of sp³-hybridized carbons (Fsp3) is 0.889. The molecule has 1 fully saturated rings. The summed E-state index contributed by atoms with van der Waals surface area (Å²) in [6.45, 7) is 9.08. The minimum atomic E-state index is -0.214. The summed E-state index contributed by atoms with van der Waals surface area (Å²) < 4.78 is 5.84. The van der Waals surface area contributed by atoms with Crippen LogP contribution in [0.4, 0.5) is 0 Å². The van der Waals surface area contributed by atoms with E-state index in [4.69, 9.17) is 15.5 Å². The van der Waals surface area contributed by atoms with Crippen LogP contribution in [0.25, 0.3) is 0 Å². The monoisotopic (exact) mass is 483 g/mol. The van der Waals surface area contributed by atoms with Crippen molar-refractivity contribution in [2.45, 2.75) is 45.6 Å². The van der Waals surface area contributed by atoms with Crippen molar-refractivity contribution in [1.82, 2.24) is 15.1 Å². The Morgan fingerprint density at radius 1 is 1.42 bits per heavy atom. The van der Waals surface area contributed by atoms with Gasteiger partial charge < -0.3 is 25.6 Å². The quantitative estimate of drug-likeness (QED) is 0.280. The van der Waals surface area contributed by atoms with E-state index in [-0.39, 0.29) is 36.0 Å². The molecule has 8 heteroatoms. The summed E-state index contributed by atoms with van der Waals surface area (Å²) in [4.78, 5) is 20.5. The predicted octanol–water partition coefficient (Wildman–Crippen LogP) is 1.51. The van der Waals surface area contributed by atoms with Crippen LogP contribution in [-0.4, -0.2) is 81.2 Å². The van der Waals surface area contributed by atoms with Gasteiger partial charge in [0.1, 0.15) is 0 Å². The lowest BCUT2D eigenvalue weighted by atomic mass is 9.95. The van der Waals surface area contributed by atoms with E-state index in [0.717, 1.165) is 51.4 Å². The Kier molecular flexibility index (Phi) is 14.1. The lowest BCUT2D eigenvalue weighted by Gasteiger charge is -2.35. The number of hydrogen-bond acceptors (Lipinski definition) is 4. The van der Waals surface area contributed by atoms with Crippen molar-refractivity contribution < 1.29 is 9.53 Å². The van der Waals surface area contributed by atoms with Gasteiger partial charge in [0.15, 0.2) is 5.96 Å². The Bertz CT molecular complexity index is 420. The third-order valence-electron chi connectivity index (χ3n) is 4.39. The van der Waals surface area contributed by atoms with Gasteiger partial charge in [0.05, 0.1) is 12.6 Å². The molecule has 0 aromatic carbocycles. The molecule has 0 saturated carbocycles. The maximum atomic E-state index is 11.2. The summed E-state index contributed by atoms with van der Waals surface area (Å²) in [5, 5.41) is 3.38. The van der Waals surface area contributed by atoms with Gasteiger partial charge in [0.25, 0.3) is 0 Å². The van der Waals surface area contributed by atoms with Crippen LogP contribution in [0.5, 0.6) is 0 Å². The number of carbonyl (C=O) groups is 1. The number of piperidine rings is 1. The van der Waals surface area contributed by atoms with E-state index in [1.807, 2.05) is 6.92 Å². The number of likely N-dealkylation sites (tertiary alicyclic amines) is 1. The summed E-state index contributed by atoms with van der Waals surface area (Å²) in [5.41, 5.74) is 5.37. The third-order valence-corrected chi connectivity index (χ3v) is 4.39. The second kappa shape index (κ2) is 14.4. The number of nitrogens with zero attached hydrogens (tertiary/aromatic N) is 3. The molecule has 1 aliphatic heterocycles. The predicted molar refractivity (Wildman–Crippen MR) is 118 cm³/mol. The zero-order chi connectivity index (χ0) is 18.7. The summed E-state index contributed by atoms with van der Waals surface area (Å²) in [6, 6.07) is 0. The highest BCUT2D eigenvalue weighted by atomic mass is 127. The summed E-state index contributed by atoms with van der Waals surface area (Å²) >= 11 is 0. The Morgan fingerprint density at radius 2 is 2.15 bits per heavy atom. The number of primary amides is 1. The first-order valence-corrected chi connectivity index (χ1v) is 9.54. The molecular formula is C18H38IN5O2. The Balaban J connectivity index is 0.00000625. The second-order valence-corrected chi connectivity index (χ2v) is 6.99. The molecular weight excluding hydrogens is 445 g/mol. The van der Waals surface area contributed by atoms with E-state index >= 15 is 0 Å². The Hall–Kier alpha value is -0.610. The number of aliphatic imine (C=N–C) groups is 1. The van der Waals surface area contributed by atoms with Gasteiger partial charge >= 0.3 is 0 Å². The van der Waals surface area contributed by atoms with Crippen molar-refractivity contribution >= 4 is 35.8 Å². The molecule has 3 N–H and O–H groups in total. The van der Waals surface area contributed by atoms with Crippen molar-refractivity contribution in [2.75, 3.05) is 53.4 Å². The van der Waals surface area contributed by atoms with Crippen LogP contribution in [0.15, 0.2) is 4.99 Å². The van der Waals surface area contributed by atoms with Crippen molar-refractivity contribution in [3.63, 3.8) is 0 Å². The molecule has 0 aliphatic carbocycles. The van der Waals surface area contributed by atoms with E-state index in [1.54, 1.807) is 0 Å². The summed E-state index contributed by atoms with van der Waals surface area (Å²) in [5.74, 6) is 1.03. The fourth-order valence-corrected chi connectivity index (χ4v) is 3.19. The molecule has 1 heterocycles. The lowest BCUT2D eigenvalue weighted by Crippen LogP contribution is -2.47. The molecule has 154 valence electrons. The molecule has 2 unspecified atom stereocenters. The van der Waals surface area contributed by atoms with Gasteiger partial charge in [-0.3, -0.25) is 9.79 Å². The molecule has 26 heavy (non-hydrogen) atoms. The van der Waals surface area contributed by atoms with Gasteiger partial charge in [-0.2, -0.15) is 0 Å². The van der Waals surface area contributed by atoms with E-state index < -0.39 is 0 Å². The first kappa shape index (κ1) is 25.4. The fourth-order valence-electron chi connectivity index (χ4n) is 3.19. The van der Waals surface area contributed by atoms with Crippen molar-refractivity contribution in [1.29, 1.82) is 0 Å². The van der Waals surface area contributed by atoms with E-state index in [0.29, 0.717) is 25.5 Å². The number of amides is 1. The smallest absolute Gasteiger partial charge is 0.217 e. The molecule has 1 saturated heterocycles. The van der Waals surface area contributed by atoms with Crippen LogP contribution in [-0.2, 0) is 9.53 Å². The van der Waals surface area contributed by atoms with Crippen LogP contribution in [0, 0.1) is 5.92 Å². The van der Waals surface area contributed by atoms with Crippen molar-refractivity contribution in [3.8, 4) is 0 Å². The minimum absolute atomic E-state index is 0. The largest absolute Gasteiger partial charge is 0.377 e. The van der Waals surface area contributed by atoms with Gasteiger partial charge in [0.2, 0.25) is 5.91 Å². The highest BCUT2D eigenvalue weighted by Crippen LogP contribution is 2.19. The molecule has 0 spiro atoms. The van der Waals surface area contributed by atoms with Gasteiger partial charge in [-0.25, -0.2) is 0 Å². The number of hydrogen-bond donors (Lipinski definition) is 2. The number of halogens is 1. The summed E-state index contributed by atoms with van der Waals surface area (Å²) in [6.07, 6.45) is 3.68. The molecule has 1 rings (SSSR count). The molecule has 7 nitrogen and oxygen atoms in total. The molecule has 0 aromatic rings. The van der Waals surface area contributed by atoms with Crippen LogP contribution in [0.2, 0.25) is 0 Å². The number of ether oxygens (including phenoxy) is 1. The molecule has 0 aromatic heterocycles.